The highest BCUT2D eigenvalue weighted by Gasteiger charge is 2.24. The van der Waals surface area contributed by atoms with Crippen molar-refractivity contribution >= 4 is 7.82 Å². The van der Waals surface area contributed by atoms with Gasteiger partial charge in [0.1, 0.15) is 31.5 Å². The Hall–Kier alpha value is -0.130. The second-order valence-electron chi connectivity index (χ2n) is 16.6. The zero-order chi connectivity index (χ0) is 39.3. The van der Waals surface area contributed by atoms with Gasteiger partial charge >= 0.3 is 7.82 Å². The minimum absolute atomic E-state index is 0.0264. The maximum atomic E-state index is 11.9. The largest absolute Gasteiger partial charge is 0.472 e. The van der Waals surface area contributed by atoms with Crippen LogP contribution in [0.3, 0.4) is 0 Å². The molecule has 11 heteroatoms. The minimum atomic E-state index is -3.91. The van der Waals surface area contributed by atoms with E-state index in [1.165, 1.54) is 167 Å². The van der Waals surface area contributed by atoms with Gasteiger partial charge in [-0.1, -0.05) is 180 Å². The van der Waals surface area contributed by atoms with Crippen molar-refractivity contribution in [3.05, 3.63) is 0 Å². The van der Waals surface area contributed by atoms with Crippen LogP contribution in [-0.4, -0.2) is 109 Å². The maximum Gasteiger partial charge on any atom is 0.472 e. The first-order valence-electron chi connectivity index (χ1n) is 22.1. The molecule has 53 heavy (non-hydrogen) atoms. The van der Waals surface area contributed by atoms with E-state index in [1.807, 2.05) is 21.1 Å². The Bertz CT molecular complexity index is 801. The fourth-order valence-electron chi connectivity index (χ4n) is 6.57. The number of phosphoric ester groups is 1. The predicted molar refractivity (Wildman–Crippen MR) is 219 cm³/mol. The van der Waals surface area contributed by atoms with E-state index in [0.29, 0.717) is 17.6 Å². The van der Waals surface area contributed by atoms with E-state index in [4.69, 9.17) is 18.9 Å². The molecule has 0 aromatic rings. The van der Waals surface area contributed by atoms with Gasteiger partial charge in [-0.2, -0.15) is 0 Å². The van der Waals surface area contributed by atoms with Crippen molar-refractivity contribution in [2.45, 2.75) is 211 Å². The van der Waals surface area contributed by atoms with Crippen LogP contribution in [0.5, 0.6) is 0 Å². The summed E-state index contributed by atoms with van der Waals surface area (Å²) in [5, 5.41) is 37.4. The van der Waals surface area contributed by atoms with Crippen LogP contribution >= 0.6 is 7.82 Å². The summed E-state index contributed by atoms with van der Waals surface area (Å²) in [5.41, 5.74) is 0. The summed E-state index contributed by atoms with van der Waals surface area (Å²) < 4.78 is 28.1. The van der Waals surface area contributed by atoms with E-state index in [9.17, 15) is 24.8 Å². The molecule has 5 N–H and O–H groups in total. The lowest BCUT2D eigenvalue weighted by Gasteiger charge is -2.24. The van der Waals surface area contributed by atoms with E-state index in [0.717, 1.165) is 25.7 Å². The molecule has 0 aliphatic rings. The Morgan fingerprint density at radius 3 is 1.04 bits per heavy atom. The molecule has 0 spiro atoms. The van der Waals surface area contributed by atoms with Crippen LogP contribution in [-0.2, 0) is 18.3 Å². The van der Waals surface area contributed by atoms with Crippen LogP contribution in [0.4, 0.5) is 0 Å². The lowest BCUT2D eigenvalue weighted by molar-refractivity contribution is -0.870. The molecule has 320 valence electrons. The third-order valence-corrected chi connectivity index (χ3v) is 11.2. The number of rotatable bonds is 43. The average molecular weight is 783 g/mol. The Kier molecular flexibility index (Phi) is 37.4. The molecule has 0 saturated heterocycles. The van der Waals surface area contributed by atoms with Crippen LogP contribution in [0.1, 0.15) is 193 Å². The molecule has 0 saturated carbocycles. The van der Waals surface area contributed by atoms with E-state index < -0.39 is 32.7 Å². The normalized spacial score (nSPS) is 15.1. The third kappa shape index (κ3) is 39.9. The minimum Gasteiger partial charge on any atom is -0.394 e. The van der Waals surface area contributed by atoms with Gasteiger partial charge in [-0.3, -0.25) is 9.05 Å². The summed E-state index contributed by atoms with van der Waals surface area (Å²) in [6.45, 7) is 1.11. The van der Waals surface area contributed by atoms with Crippen molar-refractivity contribution in [2.24, 2.45) is 0 Å². The molecule has 0 aromatic carbocycles. The Morgan fingerprint density at radius 2 is 0.736 bits per heavy atom. The Morgan fingerprint density at radius 1 is 0.453 bits per heavy atom. The number of phosphoric acid groups is 1. The van der Waals surface area contributed by atoms with Gasteiger partial charge in [-0.15, -0.1) is 0 Å². The molecule has 0 aliphatic heterocycles. The molecule has 0 rings (SSSR count). The van der Waals surface area contributed by atoms with E-state index in [-0.39, 0.29) is 19.8 Å². The summed E-state index contributed by atoms with van der Waals surface area (Å²) in [6.07, 6.45) is 35.3. The molecular weight excluding hydrogens is 693 g/mol. The number of quaternary nitrogens is 1. The van der Waals surface area contributed by atoms with E-state index in [2.05, 4.69) is 0 Å². The number of hydrogen-bond acceptors (Lipinski definition) is 8. The van der Waals surface area contributed by atoms with Crippen molar-refractivity contribution < 1.29 is 48.2 Å². The monoisotopic (exact) mass is 783 g/mol. The van der Waals surface area contributed by atoms with Crippen molar-refractivity contribution in [1.29, 1.82) is 0 Å². The summed E-state index contributed by atoms with van der Waals surface area (Å²) in [4.78, 5) is 9.74. The number of unbranched alkanes of at least 4 members (excludes halogenated alkanes) is 29. The zero-order valence-electron chi connectivity index (χ0n) is 35.0. The molecular formula is C42H89NO9P+. The first-order chi connectivity index (χ1) is 25.5. The first kappa shape index (κ1) is 52.9. The lowest BCUT2D eigenvalue weighted by atomic mass is 10.0. The smallest absolute Gasteiger partial charge is 0.394 e. The van der Waals surface area contributed by atoms with Gasteiger partial charge < -0.3 is 34.5 Å². The molecule has 0 aliphatic carbocycles. The van der Waals surface area contributed by atoms with Gasteiger partial charge in [0.25, 0.3) is 0 Å². The molecule has 0 fully saturated rings. The maximum absolute atomic E-state index is 11.9. The molecule has 1 unspecified atom stereocenters. The van der Waals surface area contributed by atoms with Crippen molar-refractivity contribution in [3.8, 4) is 0 Å². The topological polar surface area (TPSA) is 146 Å². The van der Waals surface area contributed by atoms with Gasteiger partial charge in [0, 0.05) is 6.61 Å². The van der Waals surface area contributed by atoms with E-state index in [1.54, 1.807) is 0 Å². The van der Waals surface area contributed by atoms with Gasteiger partial charge in [0.2, 0.25) is 0 Å². The molecule has 0 radical (unpaired) electrons. The predicted octanol–water partition coefficient (Wildman–Crippen LogP) is 9.62. The molecule has 0 aromatic heterocycles. The number of ether oxygens (including phenoxy) is 1. The zero-order valence-corrected chi connectivity index (χ0v) is 35.8. The standard InChI is InChI=1S/C42H88NO9P/c1-43(2,3)34-37-52-53(48,49)51-36-33-31-29-27-25-23-21-19-17-15-13-11-9-7-5-4-6-8-10-12-14-16-18-20-22-24-26-28-30-32-35-50-39-41(46)42(47)40(45)38-44/h40-42,44-47H,4-39H2,1-3H3/p+1/t40-,41-,42-/m1/s1. The van der Waals surface area contributed by atoms with Gasteiger partial charge in [0.15, 0.2) is 0 Å². The van der Waals surface area contributed by atoms with Crippen molar-refractivity contribution in [3.63, 3.8) is 0 Å². The van der Waals surface area contributed by atoms with Gasteiger partial charge in [-0.05, 0) is 12.8 Å². The third-order valence-electron chi connectivity index (χ3n) is 10.2. The van der Waals surface area contributed by atoms with Crippen molar-refractivity contribution in [1.82, 2.24) is 0 Å². The molecule has 0 amide bonds. The average Bonchev–Trinajstić information content (AvgIpc) is 3.11. The number of aliphatic hydroxyl groups excluding tert-OH is 4. The van der Waals surface area contributed by atoms with Crippen LogP contribution < -0.4 is 0 Å². The number of aliphatic hydroxyl groups is 4. The quantitative estimate of drug-likeness (QED) is 0.0232. The molecule has 4 atom stereocenters. The molecule has 0 heterocycles. The van der Waals surface area contributed by atoms with Crippen LogP contribution in [0.15, 0.2) is 0 Å². The SMILES string of the molecule is C[N+](C)(C)CCOP(=O)(O)OCCCCCCCCCCCCCCCCCCCCCCCCCCCCCCCCOC[C@@H](O)[C@H](O)[C@H](O)CO. The van der Waals surface area contributed by atoms with Gasteiger partial charge in [-0.25, -0.2) is 4.57 Å². The van der Waals surface area contributed by atoms with Gasteiger partial charge in [0.05, 0.1) is 41.0 Å². The summed E-state index contributed by atoms with van der Waals surface area (Å²) >= 11 is 0. The summed E-state index contributed by atoms with van der Waals surface area (Å²) in [7, 11) is 2.14. The highest BCUT2D eigenvalue weighted by molar-refractivity contribution is 7.47. The lowest BCUT2D eigenvalue weighted by Crippen LogP contribution is -2.41. The summed E-state index contributed by atoms with van der Waals surface area (Å²) in [6, 6.07) is 0. The summed E-state index contributed by atoms with van der Waals surface area (Å²) in [5.74, 6) is 0. The molecule has 10 nitrogen and oxygen atoms in total. The number of likely N-dealkylation sites (N-methyl/N-ethyl adjacent to an activating group) is 1. The van der Waals surface area contributed by atoms with E-state index >= 15 is 0 Å². The van der Waals surface area contributed by atoms with Crippen molar-refractivity contribution in [2.75, 3.05) is 60.7 Å². The molecule has 0 bridgehead atoms. The second-order valence-corrected chi connectivity index (χ2v) is 18.1. The highest BCUT2D eigenvalue weighted by atomic mass is 31.2. The fourth-order valence-corrected chi connectivity index (χ4v) is 7.32. The number of nitrogens with zero attached hydrogens (tertiary/aromatic N) is 1. The number of hydrogen-bond donors (Lipinski definition) is 5. The van der Waals surface area contributed by atoms with Crippen LogP contribution in [0.2, 0.25) is 0 Å². The highest BCUT2D eigenvalue weighted by Crippen LogP contribution is 2.43. The fraction of sp³-hybridized carbons (Fsp3) is 1.00. The van der Waals surface area contributed by atoms with Crippen LogP contribution in [0.25, 0.3) is 0 Å². The Labute approximate surface area is 327 Å². The first-order valence-corrected chi connectivity index (χ1v) is 23.6. The van der Waals surface area contributed by atoms with Crippen LogP contribution in [0, 0.1) is 0 Å². The second kappa shape index (κ2) is 37.4. The Balaban J connectivity index is 3.20.